The van der Waals surface area contributed by atoms with Crippen molar-refractivity contribution in [1.82, 2.24) is 4.98 Å². The Morgan fingerprint density at radius 3 is 2.59 bits per heavy atom. The lowest BCUT2D eigenvalue weighted by Gasteiger charge is -2.10. The summed E-state index contributed by atoms with van der Waals surface area (Å²) in [6.45, 7) is 4.29. The Bertz CT molecular complexity index is 1020. The van der Waals surface area contributed by atoms with Gasteiger partial charge in [0.25, 0.3) is 5.91 Å². The molecule has 27 heavy (non-hydrogen) atoms. The third-order valence-electron chi connectivity index (χ3n) is 4.43. The molecule has 0 atom stereocenters. The van der Waals surface area contributed by atoms with Crippen molar-refractivity contribution in [2.24, 2.45) is 0 Å². The first kappa shape index (κ1) is 16.9. The second kappa shape index (κ2) is 6.99. The molecular weight excluding hydrogens is 342 g/mol. The SMILES string of the molecule is Cc1ccc(NC(=O)c2ccnc(Nc3ccc4c(c3)OCO4)c2)cc1C. The highest BCUT2D eigenvalue weighted by Gasteiger charge is 2.14. The summed E-state index contributed by atoms with van der Waals surface area (Å²) in [4.78, 5) is 16.8. The molecule has 2 N–H and O–H groups in total. The van der Waals surface area contributed by atoms with Crippen LogP contribution in [0.1, 0.15) is 21.5 Å². The van der Waals surface area contributed by atoms with Gasteiger partial charge >= 0.3 is 0 Å². The highest BCUT2D eigenvalue weighted by Crippen LogP contribution is 2.34. The Morgan fingerprint density at radius 1 is 0.926 bits per heavy atom. The third kappa shape index (κ3) is 3.69. The molecule has 2 heterocycles. The summed E-state index contributed by atoms with van der Waals surface area (Å²) in [5.41, 5.74) is 4.41. The first-order chi connectivity index (χ1) is 13.1. The minimum absolute atomic E-state index is 0.186. The van der Waals surface area contributed by atoms with E-state index in [0.717, 1.165) is 22.7 Å². The molecule has 0 saturated heterocycles. The summed E-state index contributed by atoms with van der Waals surface area (Å²) in [5, 5.41) is 6.10. The predicted molar refractivity (Wildman–Crippen MR) is 104 cm³/mol. The van der Waals surface area contributed by atoms with Crippen LogP contribution in [0.25, 0.3) is 0 Å². The minimum atomic E-state index is -0.186. The van der Waals surface area contributed by atoms with Crippen molar-refractivity contribution in [2.75, 3.05) is 17.4 Å². The van der Waals surface area contributed by atoms with Gasteiger partial charge in [0.1, 0.15) is 5.82 Å². The van der Waals surface area contributed by atoms with Gasteiger partial charge in [0, 0.05) is 29.2 Å². The Labute approximate surface area is 157 Å². The molecule has 6 nitrogen and oxygen atoms in total. The number of hydrogen-bond donors (Lipinski definition) is 2. The van der Waals surface area contributed by atoms with Gasteiger partial charge < -0.3 is 20.1 Å². The van der Waals surface area contributed by atoms with Crippen molar-refractivity contribution >= 4 is 23.1 Å². The summed E-state index contributed by atoms with van der Waals surface area (Å²) in [7, 11) is 0. The second-order valence-electron chi connectivity index (χ2n) is 6.38. The van der Waals surface area contributed by atoms with Crippen LogP contribution in [0.15, 0.2) is 54.7 Å². The van der Waals surface area contributed by atoms with Gasteiger partial charge in [-0.2, -0.15) is 0 Å². The van der Waals surface area contributed by atoms with Crippen LogP contribution in [0.4, 0.5) is 17.2 Å². The molecule has 0 aliphatic carbocycles. The number of aromatic nitrogens is 1. The van der Waals surface area contributed by atoms with E-state index in [9.17, 15) is 4.79 Å². The smallest absolute Gasteiger partial charge is 0.255 e. The van der Waals surface area contributed by atoms with Crippen molar-refractivity contribution in [3.05, 3.63) is 71.4 Å². The van der Waals surface area contributed by atoms with Gasteiger partial charge in [-0.25, -0.2) is 4.98 Å². The van der Waals surface area contributed by atoms with Crippen LogP contribution in [0.3, 0.4) is 0 Å². The van der Waals surface area contributed by atoms with Crippen molar-refractivity contribution in [3.63, 3.8) is 0 Å². The first-order valence-electron chi connectivity index (χ1n) is 8.60. The highest BCUT2D eigenvalue weighted by atomic mass is 16.7. The van der Waals surface area contributed by atoms with Gasteiger partial charge in [0.2, 0.25) is 6.79 Å². The Balaban J connectivity index is 1.49. The molecule has 0 bridgehead atoms. The number of benzene rings is 2. The molecule has 0 radical (unpaired) electrons. The van der Waals surface area contributed by atoms with E-state index < -0.39 is 0 Å². The predicted octanol–water partition coefficient (Wildman–Crippen LogP) is 4.42. The molecule has 0 unspecified atom stereocenters. The van der Waals surface area contributed by atoms with Crippen LogP contribution in [0.5, 0.6) is 11.5 Å². The van der Waals surface area contributed by atoms with E-state index in [1.165, 1.54) is 5.56 Å². The zero-order valence-electron chi connectivity index (χ0n) is 15.1. The summed E-state index contributed by atoms with van der Waals surface area (Å²) >= 11 is 0. The molecule has 0 saturated carbocycles. The van der Waals surface area contributed by atoms with Gasteiger partial charge in [-0.3, -0.25) is 4.79 Å². The number of nitrogens with zero attached hydrogens (tertiary/aromatic N) is 1. The monoisotopic (exact) mass is 361 g/mol. The molecule has 1 aliphatic rings. The molecule has 4 rings (SSSR count). The molecule has 1 aliphatic heterocycles. The van der Waals surface area contributed by atoms with Crippen molar-refractivity contribution in [1.29, 1.82) is 0 Å². The maximum Gasteiger partial charge on any atom is 0.255 e. The van der Waals surface area contributed by atoms with Crippen molar-refractivity contribution < 1.29 is 14.3 Å². The molecule has 6 heteroatoms. The molecule has 2 aromatic carbocycles. The van der Waals surface area contributed by atoms with Crippen molar-refractivity contribution in [2.45, 2.75) is 13.8 Å². The van der Waals surface area contributed by atoms with Crippen LogP contribution in [-0.4, -0.2) is 17.7 Å². The maximum absolute atomic E-state index is 12.6. The van der Waals surface area contributed by atoms with Crippen LogP contribution < -0.4 is 20.1 Å². The van der Waals surface area contributed by atoms with E-state index in [1.807, 2.05) is 50.2 Å². The average Bonchev–Trinajstić information content (AvgIpc) is 3.13. The quantitative estimate of drug-likeness (QED) is 0.719. The number of pyridine rings is 1. The molecule has 1 aromatic heterocycles. The number of amides is 1. The number of fused-ring (bicyclic) bond motifs is 1. The molecule has 136 valence electrons. The number of anilines is 3. The van der Waals surface area contributed by atoms with E-state index in [-0.39, 0.29) is 12.7 Å². The number of hydrogen-bond acceptors (Lipinski definition) is 5. The maximum atomic E-state index is 12.6. The average molecular weight is 361 g/mol. The highest BCUT2D eigenvalue weighted by molar-refractivity contribution is 6.04. The van der Waals surface area contributed by atoms with Crippen molar-refractivity contribution in [3.8, 4) is 11.5 Å². The van der Waals surface area contributed by atoms with E-state index in [2.05, 4.69) is 15.6 Å². The zero-order valence-corrected chi connectivity index (χ0v) is 15.1. The van der Waals surface area contributed by atoms with Gasteiger partial charge in [0.05, 0.1) is 0 Å². The van der Waals surface area contributed by atoms with E-state index in [1.54, 1.807) is 18.3 Å². The first-order valence-corrected chi connectivity index (χ1v) is 8.60. The number of aryl methyl sites for hydroxylation is 2. The normalized spacial score (nSPS) is 11.9. The summed E-state index contributed by atoms with van der Waals surface area (Å²) in [5.74, 6) is 1.79. The van der Waals surface area contributed by atoms with Crippen LogP contribution in [0.2, 0.25) is 0 Å². The molecule has 3 aromatic rings. The van der Waals surface area contributed by atoms with E-state index in [0.29, 0.717) is 17.1 Å². The lowest BCUT2D eigenvalue weighted by Crippen LogP contribution is -2.12. The molecule has 0 spiro atoms. The lowest BCUT2D eigenvalue weighted by molar-refractivity contribution is 0.102. The fourth-order valence-electron chi connectivity index (χ4n) is 2.78. The molecular formula is C21H19N3O3. The Morgan fingerprint density at radius 2 is 1.74 bits per heavy atom. The van der Waals surface area contributed by atoms with Gasteiger partial charge in [-0.15, -0.1) is 0 Å². The van der Waals surface area contributed by atoms with Gasteiger partial charge in [-0.1, -0.05) is 6.07 Å². The number of ether oxygens (including phenoxy) is 2. The number of nitrogens with one attached hydrogen (secondary N) is 2. The summed E-state index contributed by atoms with van der Waals surface area (Å²) in [6.07, 6.45) is 1.60. The van der Waals surface area contributed by atoms with Crippen LogP contribution in [-0.2, 0) is 0 Å². The Hall–Kier alpha value is -3.54. The Kier molecular flexibility index (Phi) is 4.38. The fraction of sp³-hybridized carbons (Fsp3) is 0.143. The zero-order chi connectivity index (χ0) is 18.8. The summed E-state index contributed by atoms with van der Waals surface area (Å²) < 4.78 is 10.7. The standard InChI is InChI=1S/C21H19N3O3/c1-13-3-4-16(9-14(13)2)24-21(25)15-7-8-22-20(10-15)23-17-5-6-18-19(11-17)27-12-26-18/h3-11H,12H2,1-2H3,(H,22,23)(H,24,25). The van der Waals surface area contributed by atoms with Gasteiger partial charge in [0.15, 0.2) is 11.5 Å². The fourth-order valence-corrected chi connectivity index (χ4v) is 2.78. The van der Waals surface area contributed by atoms with Crippen LogP contribution in [0, 0.1) is 13.8 Å². The second-order valence-corrected chi connectivity index (χ2v) is 6.38. The lowest BCUT2D eigenvalue weighted by atomic mass is 10.1. The summed E-state index contributed by atoms with van der Waals surface area (Å²) in [6, 6.07) is 14.8. The topological polar surface area (TPSA) is 72.5 Å². The molecule has 0 fully saturated rings. The largest absolute Gasteiger partial charge is 0.454 e. The van der Waals surface area contributed by atoms with E-state index in [4.69, 9.17) is 9.47 Å². The minimum Gasteiger partial charge on any atom is -0.454 e. The number of carbonyl (C=O) groups excluding carboxylic acids is 1. The number of rotatable bonds is 4. The van der Waals surface area contributed by atoms with Gasteiger partial charge in [-0.05, 0) is 61.4 Å². The number of carbonyl (C=O) groups is 1. The third-order valence-corrected chi connectivity index (χ3v) is 4.43. The molecule has 1 amide bonds. The van der Waals surface area contributed by atoms with Crippen LogP contribution >= 0.6 is 0 Å². The van der Waals surface area contributed by atoms with E-state index >= 15 is 0 Å².